The number of benzene rings is 4. The van der Waals surface area contributed by atoms with Gasteiger partial charge in [-0.05, 0) is 53.4 Å². The van der Waals surface area contributed by atoms with Crippen molar-refractivity contribution >= 4 is 33.5 Å². The molecule has 33 heavy (non-hydrogen) atoms. The first kappa shape index (κ1) is 19.6. The van der Waals surface area contributed by atoms with Gasteiger partial charge in [-0.25, -0.2) is 4.98 Å². The molecule has 0 aliphatic heterocycles. The summed E-state index contributed by atoms with van der Waals surface area (Å²) in [6, 6.07) is 30.4. The van der Waals surface area contributed by atoms with E-state index in [-0.39, 0.29) is 5.28 Å². The Kier molecular flexibility index (Phi) is 4.67. The van der Waals surface area contributed by atoms with Gasteiger partial charge in [0.25, 0.3) is 0 Å². The van der Waals surface area contributed by atoms with E-state index in [0.29, 0.717) is 11.6 Å². The van der Waals surface area contributed by atoms with Gasteiger partial charge >= 0.3 is 0 Å². The molecule has 4 aromatic carbocycles. The minimum absolute atomic E-state index is 0.148. The van der Waals surface area contributed by atoms with E-state index < -0.39 is 0 Å². The standard InChI is InChI=1S/C28H18ClN3O/c1-17-12-14-21(27-30-26(31-28(29)32-27)19-10-6-3-7-11-19)25-24(17)22-16-20(13-15-23(22)33-25)18-8-4-2-5-9-18/h2-16H,1H3. The monoisotopic (exact) mass is 447 g/mol. The number of aromatic nitrogens is 3. The molecule has 0 saturated heterocycles. The zero-order valence-electron chi connectivity index (χ0n) is 17.8. The number of hydrogen-bond donors (Lipinski definition) is 0. The zero-order valence-corrected chi connectivity index (χ0v) is 18.5. The van der Waals surface area contributed by atoms with Gasteiger partial charge in [-0.2, -0.15) is 9.97 Å². The average Bonchev–Trinajstić information content (AvgIpc) is 3.24. The first-order valence-electron chi connectivity index (χ1n) is 10.7. The molecule has 158 valence electrons. The van der Waals surface area contributed by atoms with Crippen LogP contribution < -0.4 is 0 Å². The third kappa shape index (κ3) is 3.45. The second-order valence-corrected chi connectivity index (χ2v) is 8.27. The fraction of sp³-hybridized carbons (Fsp3) is 0.0357. The number of furan rings is 1. The second-order valence-electron chi connectivity index (χ2n) is 7.93. The summed E-state index contributed by atoms with van der Waals surface area (Å²) in [6.45, 7) is 2.09. The second kappa shape index (κ2) is 7.84. The Morgan fingerprint density at radius 2 is 1.36 bits per heavy atom. The van der Waals surface area contributed by atoms with Crippen LogP contribution in [0.2, 0.25) is 5.28 Å². The first-order chi connectivity index (χ1) is 16.2. The third-order valence-electron chi connectivity index (χ3n) is 5.82. The summed E-state index contributed by atoms with van der Waals surface area (Å²) in [5.41, 5.74) is 6.67. The first-order valence-corrected chi connectivity index (χ1v) is 11.0. The highest BCUT2D eigenvalue weighted by atomic mass is 35.5. The quantitative estimate of drug-likeness (QED) is 0.278. The molecule has 0 unspecified atom stereocenters. The Balaban J connectivity index is 1.58. The van der Waals surface area contributed by atoms with E-state index in [0.717, 1.165) is 44.2 Å². The summed E-state index contributed by atoms with van der Waals surface area (Å²) < 4.78 is 6.35. The number of nitrogens with zero attached hydrogens (tertiary/aromatic N) is 3. The van der Waals surface area contributed by atoms with Crippen LogP contribution in [0.25, 0.3) is 55.8 Å². The van der Waals surface area contributed by atoms with Crippen LogP contribution in [0.1, 0.15) is 5.56 Å². The van der Waals surface area contributed by atoms with E-state index in [1.807, 2.05) is 60.7 Å². The maximum absolute atomic E-state index is 6.35. The van der Waals surface area contributed by atoms with Gasteiger partial charge in [-0.1, -0.05) is 72.8 Å². The molecular formula is C28H18ClN3O. The fourth-order valence-electron chi connectivity index (χ4n) is 4.22. The van der Waals surface area contributed by atoms with E-state index in [2.05, 4.69) is 47.2 Å². The van der Waals surface area contributed by atoms with Gasteiger partial charge in [0.2, 0.25) is 5.28 Å². The molecule has 0 spiro atoms. The summed E-state index contributed by atoms with van der Waals surface area (Å²) in [4.78, 5) is 13.5. The van der Waals surface area contributed by atoms with Crippen molar-refractivity contribution in [2.24, 2.45) is 0 Å². The van der Waals surface area contributed by atoms with Crippen LogP contribution in [0, 0.1) is 6.92 Å². The topological polar surface area (TPSA) is 51.8 Å². The molecule has 0 N–H and O–H groups in total. The predicted octanol–water partition coefficient (Wildman–Crippen LogP) is 7.73. The lowest BCUT2D eigenvalue weighted by Gasteiger charge is -2.06. The van der Waals surface area contributed by atoms with E-state index in [1.165, 1.54) is 5.56 Å². The van der Waals surface area contributed by atoms with Crippen LogP contribution >= 0.6 is 11.6 Å². The number of halogens is 1. The molecule has 0 radical (unpaired) electrons. The van der Waals surface area contributed by atoms with Gasteiger partial charge in [0, 0.05) is 16.3 Å². The Labute approximate surface area is 195 Å². The zero-order chi connectivity index (χ0) is 22.4. The van der Waals surface area contributed by atoms with E-state index >= 15 is 0 Å². The molecule has 0 fully saturated rings. The van der Waals surface area contributed by atoms with Crippen LogP contribution in [0.3, 0.4) is 0 Å². The summed E-state index contributed by atoms with van der Waals surface area (Å²) in [5, 5.41) is 2.27. The van der Waals surface area contributed by atoms with Gasteiger partial charge < -0.3 is 4.42 Å². The van der Waals surface area contributed by atoms with Gasteiger partial charge in [0.15, 0.2) is 11.6 Å². The van der Waals surface area contributed by atoms with Crippen molar-refractivity contribution in [1.82, 2.24) is 15.0 Å². The Hall–Kier alpha value is -4.02. The highest BCUT2D eigenvalue weighted by Gasteiger charge is 2.18. The summed E-state index contributed by atoms with van der Waals surface area (Å²) in [5.74, 6) is 1.02. The lowest BCUT2D eigenvalue weighted by atomic mass is 10.00. The molecule has 0 aliphatic rings. The van der Waals surface area contributed by atoms with Crippen LogP contribution in [0.4, 0.5) is 0 Å². The molecule has 4 nitrogen and oxygen atoms in total. The molecule has 0 bridgehead atoms. The van der Waals surface area contributed by atoms with Crippen LogP contribution in [-0.4, -0.2) is 15.0 Å². The molecular weight excluding hydrogens is 430 g/mol. The molecule has 2 heterocycles. The van der Waals surface area contributed by atoms with Gasteiger partial charge in [0.05, 0.1) is 5.56 Å². The Morgan fingerprint density at radius 3 is 2.12 bits per heavy atom. The average molecular weight is 448 g/mol. The lowest BCUT2D eigenvalue weighted by Crippen LogP contribution is -1.97. The minimum atomic E-state index is 0.148. The lowest BCUT2D eigenvalue weighted by molar-refractivity contribution is 0.669. The summed E-state index contributed by atoms with van der Waals surface area (Å²) in [6.07, 6.45) is 0. The molecule has 5 heteroatoms. The van der Waals surface area contributed by atoms with E-state index in [4.69, 9.17) is 21.0 Å². The molecule has 0 aliphatic carbocycles. The van der Waals surface area contributed by atoms with Crippen LogP contribution in [-0.2, 0) is 0 Å². The van der Waals surface area contributed by atoms with Gasteiger partial charge in [-0.3, -0.25) is 0 Å². The SMILES string of the molecule is Cc1ccc(-c2nc(Cl)nc(-c3ccccc3)n2)c2oc3ccc(-c4ccccc4)cc3c12. The maximum atomic E-state index is 6.35. The largest absolute Gasteiger partial charge is 0.455 e. The van der Waals surface area contributed by atoms with Crippen molar-refractivity contribution in [3.05, 3.63) is 102 Å². The molecule has 2 aromatic heterocycles. The molecule has 6 rings (SSSR count). The van der Waals surface area contributed by atoms with Crippen LogP contribution in [0.15, 0.2) is 95.4 Å². The Morgan fingerprint density at radius 1 is 0.667 bits per heavy atom. The third-order valence-corrected chi connectivity index (χ3v) is 5.98. The number of rotatable bonds is 3. The summed E-state index contributed by atoms with van der Waals surface area (Å²) in [7, 11) is 0. The van der Waals surface area contributed by atoms with E-state index in [1.54, 1.807) is 0 Å². The predicted molar refractivity (Wildman–Crippen MR) is 133 cm³/mol. The van der Waals surface area contributed by atoms with Gasteiger partial charge in [-0.15, -0.1) is 0 Å². The minimum Gasteiger partial charge on any atom is -0.455 e. The summed E-state index contributed by atoms with van der Waals surface area (Å²) >= 11 is 6.31. The highest BCUT2D eigenvalue weighted by molar-refractivity contribution is 6.28. The number of hydrogen-bond acceptors (Lipinski definition) is 4. The number of fused-ring (bicyclic) bond motifs is 3. The normalized spacial score (nSPS) is 11.3. The van der Waals surface area contributed by atoms with Crippen molar-refractivity contribution in [1.29, 1.82) is 0 Å². The maximum Gasteiger partial charge on any atom is 0.226 e. The fourth-order valence-corrected chi connectivity index (χ4v) is 4.38. The van der Waals surface area contributed by atoms with Crippen molar-refractivity contribution in [2.75, 3.05) is 0 Å². The van der Waals surface area contributed by atoms with Crippen molar-refractivity contribution < 1.29 is 4.42 Å². The molecule has 6 aromatic rings. The van der Waals surface area contributed by atoms with Crippen molar-refractivity contribution in [2.45, 2.75) is 6.92 Å². The van der Waals surface area contributed by atoms with Gasteiger partial charge in [0.1, 0.15) is 11.2 Å². The smallest absolute Gasteiger partial charge is 0.226 e. The molecule has 0 atom stereocenters. The van der Waals surface area contributed by atoms with E-state index in [9.17, 15) is 0 Å². The van der Waals surface area contributed by atoms with Crippen molar-refractivity contribution in [3.63, 3.8) is 0 Å². The van der Waals surface area contributed by atoms with Crippen LogP contribution in [0.5, 0.6) is 0 Å². The molecule has 0 saturated carbocycles. The highest BCUT2D eigenvalue weighted by Crippen LogP contribution is 2.39. The Bertz CT molecular complexity index is 1630. The molecule has 0 amide bonds. The number of aryl methyl sites for hydroxylation is 1. The van der Waals surface area contributed by atoms with Crippen molar-refractivity contribution in [3.8, 4) is 33.9 Å².